The third-order valence-electron chi connectivity index (χ3n) is 7.50. The highest BCUT2D eigenvalue weighted by atomic mass is 19.4. The molecule has 3 aromatic rings. The van der Waals surface area contributed by atoms with Gasteiger partial charge in [0.15, 0.2) is 0 Å². The first-order valence-electron chi connectivity index (χ1n) is 13.3. The van der Waals surface area contributed by atoms with Crippen molar-refractivity contribution < 1.29 is 36.2 Å². The highest BCUT2D eigenvalue weighted by Crippen LogP contribution is 2.43. The van der Waals surface area contributed by atoms with Crippen LogP contribution >= 0.6 is 0 Å². The van der Waals surface area contributed by atoms with Crippen molar-refractivity contribution in [2.75, 3.05) is 26.3 Å². The van der Waals surface area contributed by atoms with Crippen LogP contribution in [-0.2, 0) is 12.6 Å². The lowest BCUT2D eigenvalue weighted by Crippen LogP contribution is -2.40. The number of likely N-dealkylation sites (tertiary alicyclic amines) is 1. The monoisotopic (exact) mass is 571 g/mol. The summed E-state index contributed by atoms with van der Waals surface area (Å²) in [7, 11) is 0. The number of halogens is 6. The van der Waals surface area contributed by atoms with E-state index >= 15 is 8.78 Å². The van der Waals surface area contributed by atoms with Crippen LogP contribution in [0.15, 0.2) is 60.2 Å². The average Bonchev–Trinajstić information content (AvgIpc) is 3.08. The predicted octanol–water partition coefficient (Wildman–Crippen LogP) is 8.04. The van der Waals surface area contributed by atoms with Gasteiger partial charge < -0.3 is 5.11 Å². The Bertz CT molecular complexity index is 1510. The number of aromatic carboxylic acids is 1. The number of carbonyl (C=O) groups is 1. The molecule has 1 N–H and O–H groups in total. The van der Waals surface area contributed by atoms with E-state index in [2.05, 4.69) is 4.90 Å². The van der Waals surface area contributed by atoms with Crippen LogP contribution in [0.2, 0.25) is 0 Å². The zero-order valence-electron chi connectivity index (χ0n) is 22.0. The van der Waals surface area contributed by atoms with Gasteiger partial charge in [-0.15, -0.1) is 0 Å². The molecule has 0 saturated carbocycles. The Morgan fingerprint density at radius 1 is 0.951 bits per heavy atom. The summed E-state index contributed by atoms with van der Waals surface area (Å²) in [5, 5.41) is 9.49. The van der Waals surface area contributed by atoms with Crippen molar-refractivity contribution in [3.05, 3.63) is 111 Å². The second-order valence-electron chi connectivity index (χ2n) is 10.4. The summed E-state index contributed by atoms with van der Waals surface area (Å²) in [4.78, 5) is 13.7. The summed E-state index contributed by atoms with van der Waals surface area (Å²) in [5.41, 5.74) is 2.77. The molecule has 0 aromatic heterocycles. The van der Waals surface area contributed by atoms with Gasteiger partial charge in [0.05, 0.1) is 17.8 Å². The van der Waals surface area contributed by atoms with Gasteiger partial charge in [0.1, 0.15) is 11.6 Å². The lowest BCUT2D eigenvalue weighted by atomic mass is 9.86. The molecule has 1 saturated heterocycles. The molecule has 0 amide bonds. The van der Waals surface area contributed by atoms with E-state index in [1.807, 2.05) is 18.2 Å². The highest BCUT2D eigenvalue weighted by molar-refractivity contribution is 6.01. The van der Waals surface area contributed by atoms with E-state index in [1.165, 1.54) is 17.7 Å². The minimum Gasteiger partial charge on any atom is -0.478 e. The number of rotatable bonds is 7. The molecule has 9 heteroatoms. The van der Waals surface area contributed by atoms with Crippen LogP contribution in [-0.4, -0.2) is 42.3 Å². The molecule has 214 valence electrons. The summed E-state index contributed by atoms with van der Waals surface area (Å²) in [6.07, 6.45) is -1.37. The summed E-state index contributed by atoms with van der Waals surface area (Å²) >= 11 is 0. The number of allylic oxidation sites excluding steroid dienone is 1. The SMILES string of the molecule is O=C(O)c1ccc2c(c1)CCCC(c1c(F)cc(C(F)(F)F)cc1F)=C2c1ccc(C=C2CN(CCCF)C2)cc1. The maximum Gasteiger partial charge on any atom is 0.416 e. The third-order valence-corrected chi connectivity index (χ3v) is 7.50. The minimum absolute atomic E-state index is 0.0708. The zero-order chi connectivity index (χ0) is 29.3. The standard InChI is InChI=1S/C32H27F6NO2/c33-11-2-12-39-17-20(18-39)13-19-5-7-21(8-6-19)29-25-10-9-23(31(40)41)14-22(25)3-1-4-26(29)30-27(34)15-24(16-28(30)35)32(36,37)38/h5-10,13-16H,1-4,11-12,17-18H2,(H,40,41). The molecule has 0 atom stereocenters. The van der Waals surface area contributed by atoms with Gasteiger partial charge in [0, 0.05) is 25.2 Å². The molecule has 3 aromatic carbocycles. The van der Waals surface area contributed by atoms with Gasteiger partial charge >= 0.3 is 12.1 Å². The molecule has 1 aliphatic carbocycles. The minimum atomic E-state index is -4.91. The number of benzene rings is 3. The molecule has 3 nitrogen and oxygen atoms in total. The number of hydrogen-bond donors (Lipinski definition) is 1. The van der Waals surface area contributed by atoms with Crippen LogP contribution in [0.4, 0.5) is 26.3 Å². The maximum atomic E-state index is 15.3. The second kappa shape index (κ2) is 11.6. The number of hydrogen-bond acceptors (Lipinski definition) is 2. The number of carboxylic acid groups (broad SMARTS) is 1. The molecule has 1 aliphatic heterocycles. The fraction of sp³-hybridized carbons (Fsp3) is 0.281. The van der Waals surface area contributed by atoms with E-state index in [9.17, 15) is 27.5 Å². The van der Waals surface area contributed by atoms with Gasteiger partial charge in [-0.3, -0.25) is 9.29 Å². The Morgan fingerprint density at radius 3 is 2.24 bits per heavy atom. The van der Waals surface area contributed by atoms with Crippen LogP contribution in [0.1, 0.15) is 63.0 Å². The molecule has 0 spiro atoms. The molecule has 1 heterocycles. The molecule has 0 radical (unpaired) electrons. The lowest BCUT2D eigenvalue weighted by molar-refractivity contribution is -0.138. The van der Waals surface area contributed by atoms with E-state index in [0.717, 1.165) is 18.7 Å². The summed E-state index contributed by atoms with van der Waals surface area (Å²) in [6.45, 7) is 1.85. The molecule has 41 heavy (non-hydrogen) atoms. The molecule has 1 fully saturated rings. The smallest absolute Gasteiger partial charge is 0.416 e. The van der Waals surface area contributed by atoms with Crippen LogP contribution in [0.25, 0.3) is 17.2 Å². The first-order valence-corrected chi connectivity index (χ1v) is 13.3. The summed E-state index contributed by atoms with van der Waals surface area (Å²) in [6, 6.07) is 12.5. The Morgan fingerprint density at radius 2 is 1.63 bits per heavy atom. The molecular weight excluding hydrogens is 544 g/mol. The molecule has 0 bridgehead atoms. The van der Waals surface area contributed by atoms with E-state index in [4.69, 9.17) is 0 Å². The first kappa shape index (κ1) is 28.7. The van der Waals surface area contributed by atoms with Gasteiger partial charge in [-0.1, -0.05) is 36.4 Å². The van der Waals surface area contributed by atoms with Crippen molar-refractivity contribution in [3.63, 3.8) is 0 Å². The molecule has 0 unspecified atom stereocenters. The van der Waals surface area contributed by atoms with Crippen LogP contribution in [0.3, 0.4) is 0 Å². The number of alkyl halides is 4. The van der Waals surface area contributed by atoms with Crippen molar-refractivity contribution >= 4 is 23.2 Å². The van der Waals surface area contributed by atoms with Crippen molar-refractivity contribution in [2.24, 2.45) is 0 Å². The largest absolute Gasteiger partial charge is 0.478 e. The Kier molecular flexibility index (Phi) is 8.09. The average molecular weight is 572 g/mol. The number of aryl methyl sites for hydroxylation is 1. The van der Waals surface area contributed by atoms with E-state index < -0.39 is 34.9 Å². The summed E-state index contributed by atoms with van der Waals surface area (Å²) in [5.74, 6) is -3.72. The van der Waals surface area contributed by atoms with Gasteiger partial charge in [0.2, 0.25) is 0 Å². The maximum absolute atomic E-state index is 15.3. The van der Waals surface area contributed by atoms with Crippen molar-refractivity contribution in [3.8, 4) is 0 Å². The fourth-order valence-electron chi connectivity index (χ4n) is 5.57. The van der Waals surface area contributed by atoms with E-state index in [-0.39, 0.29) is 24.2 Å². The topological polar surface area (TPSA) is 40.5 Å². The predicted molar refractivity (Wildman–Crippen MR) is 145 cm³/mol. The quantitative estimate of drug-likeness (QED) is 0.292. The van der Waals surface area contributed by atoms with E-state index in [1.54, 1.807) is 18.2 Å². The van der Waals surface area contributed by atoms with Gasteiger partial charge in [-0.25, -0.2) is 13.6 Å². The Hall–Kier alpha value is -3.85. The van der Waals surface area contributed by atoms with Gasteiger partial charge in [0.25, 0.3) is 0 Å². The normalized spacial score (nSPS) is 15.8. The molecule has 5 rings (SSSR count). The molecule has 2 aliphatic rings. The fourth-order valence-corrected chi connectivity index (χ4v) is 5.57. The third kappa shape index (κ3) is 6.10. The summed E-state index contributed by atoms with van der Waals surface area (Å²) < 4.78 is 82.7. The van der Waals surface area contributed by atoms with Gasteiger partial charge in [-0.05, 0) is 88.9 Å². The Labute approximate surface area is 233 Å². The molecular formula is C32H27F6NO2. The zero-order valence-corrected chi connectivity index (χ0v) is 22.0. The highest BCUT2D eigenvalue weighted by Gasteiger charge is 2.34. The first-order chi connectivity index (χ1) is 19.5. The number of nitrogens with zero attached hydrogens (tertiary/aromatic N) is 1. The number of carboxylic acids is 1. The Balaban J connectivity index is 1.60. The van der Waals surface area contributed by atoms with Crippen LogP contribution in [0, 0.1) is 11.6 Å². The number of fused-ring (bicyclic) bond motifs is 1. The lowest BCUT2D eigenvalue weighted by Gasteiger charge is -2.33. The van der Waals surface area contributed by atoms with Crippen LogP contribution in [0.5, 0.6) is 0 Å². The van der Waals surface area contributed by atoms with Crippen molar-refractivity contribution in [2.45, 2.75) is 31.9 Å². The van der Waals surface area contributed by atoms with E-state index in [0.29, 0.717) is 60.2 Å². The van der Waals surface area contributed by atoms with Crippen LogP contribution < -0.4 is 0 Å². The van der Waals surface area contributed by atoms with Gasteiger partial charge in [-0.2, -0.15) is 13.2 Å². The van der Waals surface area contributed by atoms with Crippen molar-refractivity contribution in [1.82, 2.24) is 4.90 Å². The van der Waals surface area contributed by atoms with Crippen molar-refractivity contribution in [1.29, 1.82) is 0 Å². The second-order valence-corrected chi connectivity index (χ2v) is 10.4.